The Bertz CT molecular complexity index is 1070. The number of aromatic nitrogens is 1. The molecule has 0 saturated heterocycles. The molecule has 0 radical (unpaired) electrons. The standard InChI is InChI=1S/C17H12N.C9H13.2ClH.Ti/c1-2-7-15-12-16(11-14(15)6-1)18-10-9-13-5-3-4-8-17(13)18;1-2-3-6-9-7-4-5-8-9;;;/h1-12H;4,7H,2-3,5-6H2,1H3;2*1H;/q2*-1;;;+4/p-2. The van der Waals surface area contributed by atoms with Crippen LogP contribution in [-0.4, -0.2) is 4.57 Å². The Morgan fingerprint density at radius 2 is 1.70 bits per heavy atom. The molecule has 4 heteroatoms. The van der Waals surface area contributed by atoms with Crippen LogP contribution in [0.2, 0.25) is 0 Å². The van der Waals surface area contributed by atoms with Gasteiger partial charge in [0, 0.05) is 6.20 Å². The summed E-state index contributed by atoms with van der Waals surface area (Å²) in [6, 6.07) is 23.6. The molecule has 0 aliphatic heterocycles. The van der Waals surface area contributed by atoms with Crippen molar-refractivity contribution in [1.29, 1.82) is 0 Å². The van der Waals surface area contributed by atoms with Gasteiger partial charge < -0.3 is 29.4 Å². The summed E-state index contributed by atoms with van der Waals surface area (Å²) in [5.41, 5.74) is 3.90. The van der Waals surface area contributed by atoms with Gasteiger partial charge in [0.15, 0.2) is 0 Å². The fourth-order valence-corrected chi connectivity index (χ4v) is 3.57. The molecule has 0 bridgehead atoms. The first-order valence-corrected chi connectivity index (χ1v) is 9.83. The average Bonchev–Trinajstić information content (AvgIpc) is 3.45. The van der Waals surface area contributed by atoms with Crippen molar-refractivity contribution in [3.8, 4) is 5.69 Å². The van der Waals surface area contributed by atoms with Gasteiger partial charge in [-0.25, -0.2) is 11.6 Å². The van der Waals surface area contributed by atoms with Crippen molar-refractivity contribution in [2.24, 2.45) is 0 Å². The molecule has 0 unspecified atom stereocenters. The summed E-state index contributed by atoms with van der Waals surface area (Å²) in [6.45, 7) is 2.22. The van der Waals surface area contributed by atoms with Gasteiger partial charge in [0.2, 0.25) is 0 Å². The second kappa shape index (κ2) is 12.9. The van der Waals surface area contributed by atoms with Crippen LogP contribution in [0.15, 0.2) is 90.7 Å². The third-order valence-electron chi connectivity index (χ3n) is 5.05. The predicted octanol–water partition coefficient (Wildman–Crippen LogP) is 1.37. The number of nitrogens with zero attached hydrogens (tertiary/aromatic N) is 1. The molecular weight excluding hydrogens is 445 g/mol. The summed E-state index contributed by atoms with van der Waals surface area (Å²) in [5, 5.41) is 3.87. The zero-order chi connectivity index (χ0) is 18.5. The molecule has 0 N–H and O–H groups in total. The monoisotopic (exact) mass is 469 g/mol. The largest absolute Gasteiger partial charge is 4.00 e. The molecule has 4 aromatic rings. The van der Waals surface area contributed by atoms with E-state index in [1.165, 1.54) is 52.2 Å². The zero-order valence-corrected chi connectivity index (χ0v) is 20.2. The summed E-state index contributed by atoms with van der Waals surface area (Å²) >= 11 is 0. The number of benzene rings is 2. The van der Waals surface area contributed by atoms with Crippen molar-refractivity contribution < 1.29 is 46.5 Å². The summed E-state index contributed by atoms with van der Waals surface area (Å²) < 4.78 is 2.25. The number of hydrogen-bond acceptors (Lipinski definition) is 0. The summed E-state index contributed by atoms with van der Waals surface area (Å²) in [5.74, 6) is 0. The van der Waals surface area contributed by atoms with Gasteiger partial charge in [0.1, 0.15) is 0 Å². The SMILES string of the molecule is CCCCC1=[C-]CC=C1.[Cl-].[Cl-].[Ti+4].c1ccc2[cH-]c(-n3ccc4ccccc43)cc2c1. The van der Waals surface area contributed by atoms with Crippen molar-refractivity contribution in [3.05, 3.63) is 96.7 Å². The van der Waals surface area contributed by atoms with Crippen LogP contribution in [0.4, 0.5) is 0 Å². The van der Waals surface area contributed by atoms with Crippen LogP contribution in [0, 0.1) is 6.08 Å². The van der Waals surface area contributed by atoms with Crippen LogP contribution in [0.1, 0.15) is 32.6 Å². The fraction of sp³-hybridized carbons (Fsp3) is 0.192. The Hall–Kier alpha value is -1.64. The van der Waals surface area contributed by atoms with Gasteiger partial charge in [0.05, 0.1) is 5.52 Å². The minimum absolute atomic E-state index is 0. The van der Waals surface area contributed by atoms with Crippen LogP contribution in [0.25, 0.3) is 27.4 Å². The van der Waals surface area contributed by atoms with E-state index in [1.54, 1.807) is 0 Å². The van der Waals surface area contributed by atoms with E-state index in [0.29, 0.717) is 0 Å². The molecule has 1 aliphatic carbocycles. The van der Waals surface area contributed by atoms with Crippen molar-refractivity contribution in [1.82, 2.24) is 4.57 Å². The second-order valence-corrected chi connectivity index (χ2v) is 7.00. The molecule has 30 heavy (non-hydrogen) atoms. The summed E-state index contributed by atoms with van der Waals surface area (Å²) in [4.78, 5) is 0. The van der Waals surface area contributed by atoms with E-state index in [-0.39, 0.29) is 46.5 Å². The molecular formula is C26H25Cl2NTi. The number of allylic oxidation sites excluding steroid dienone is 4. The van der Waals surface area contributed by atoms with Crippen molar-refractivity contribution in [2.45, 2.75) is 32.6 Å². The van der Waals surface area contributed by atoms with E-state index in [0.717, 1.165) is 6.42 Å². The first kappa shape index (κ1) is 26.4. The molecule has 0 fully saturated rings. The number of unbranched alkanes of at least 4 members (excludes halogenated alkanes) is 1. The molecule has 5 rings (SSSR count). The molecule has 0 amide bonds. The molecule has 1 heterocycles. The van der Waals surface area contributed by atoms with E-state index in [2.05, 4.69) is 103 Å². The number of rotatable bonds is 4. The van der Waals surface area contributed by atoms with Gasteiger partial charge in [-0.1, -0.05) is 50.5 Å². The van der Waals surface area contributed by atoms with E-state index in [9.17, 15) is 0 Å². The number of hydrogen-bond donors (Lipinski definition) is 0. The Morgan fingerprint density at radius 3 is 2.40 bits per heavy atom. The molecule has 1 nitrogen and oxygen atoms in total. The van der Waals surface area contributed by atoms with Gasteiger partial charge in [-0.3, -0.25) is 6.08 Å². The number of fused-ring (bicyclic) bond motifs is 2. The maximum absolute atomic E-state index is 3.30. The molecule has 0 spiro atoms. The minimum Gasteiger partial charge on any atom is -1.00 e. The third-order valence-corrected chi connectivity index (χ3v) is 5.05. The van der Waals surface area contributed by atoms with E-state index >= 15 is 0 Å². The zero-order valence-electron chi connectivity index (χ0n) is 17.1. The number of halogens is 2. The van der Waals surface area contributed by atoms with E-state index in [1.807, 2.05) is 0 Å². The summed E-state index contributed by atoms with van der Waals surface area (Å²) in [7, 11) is 0. The first-order chi connectivity index (χ1) is 13.3. The molecule has 1 aromatic heterocycles. The Morgan fingerprint density at radius 1 is 0.967 bits per heavy atom. The molecule has 152 valence electrons. The Labute approximate surface area is 206 Å². The van der Waals surface area contributed by atoms with E-state index < -0.39 is 0 Å². The maximum atomic E-state index is 3.30. The topological polar surface area (TPSA) is 4.93 Å². The Kier molecular flexibility index (Phi) is 11.4. The van der Waals surface area contributed by atoms with Gasteiger partial charge in [-0.05, 0) is 23.2 Å². The first-order valence-electron chi connectivity index (χ1n) is 9.83. The summed E-state index contributed by atoms with van der Waals surface area (Å²) in [6.07, 6.45) is 14.7. The van der Waals surface area contributed by atoms with Crippen LogP contribution in [0.3, 0.4) is 0 Å². The molecule has 0 saturated carbocycles. The van der Waals surface area contributed by atoms with Crippen molar-refractivity contribution in [2.75, 3.05) is 0 Å². The second-order valence-electron chi connectivity index (χ2n) is 7.00. The third kappa shape index (κ3) is 6.19. The van der Waals surface area contributed by atoms with Crippen LogP contribution < -0.4 is 24.8 Å². The van der Waals surface area contributed by atoms with Crippen molar-refractivity contribution in [3.63, 3.8) is 0 Å². The Balaban J connectivity index is 0.000000327. The van der Waals surface area contributed by atoms with Gasteiger partial charge in [-0.15, -0.1) is 47.5 Å². The van der Waals surface area contributed by atoms with Gasteiger partial charge in [-0.2, -0.15) is 6.08 Å². The van der Waals surface area contributed by atoms with Crippen molar-refractivity contribution >= 4 is 21.7 Å². The maximum Gasteiger partial charge on any atom is 4.00 e. The molecule has 1 aliphatic rings. The molecule has 3 aromatic carbocycles. The van der Waals surface area contributed by atoms with Gasteiger partial charge >= 0.3 is 21.7 Å². The fourth-order valence-electron chi connectivity index (χ4n) is 3.57. The quantitative estimate of drug-likeness (QED) is 0.314. The smallest absolute Gasteiger partial charge is 1.00 e. The minimum atomic E-state index is 0. The predicted molar refractivity (Wildman–Crippen MR) is 116 cm³/mol. The van der Waals surface area contributed by atoms with E-state index in [4.69, 9.17) is 0 Å². The molecule has 0 atom stereocenters. The average molecular weight is 470 g/mol. The van der Waals surface area contributed by atoms with Crippen LogP contribution >= 0.6 is 0 Å². The normalized spacial score (nSPS) is 11.7. The number of para-hydroxylation sites is 1. The van der Waals surface area contributed by atoms with Crippen LogP contribution in [0.5, 0.6) is 0 Å². The van der Waals surface area contributed by atoms with Gasteiger partial charge in [0.25, 0.3) is 0 Å². The van der Waals surface area contributed by atoms with Crippen LogP contribution in [-0.2, 0) is 21.7 Å².